The Balaban J connectivity index is 1.50. The fourth-order valence-corrected chi connectivity index (χ4v) is 6.04. The van der Waals surface area contributed by atoms with Crippen LogP contribution in [0.3, 0.4) is 0 Å². The van der Waals surface area contributed by atoms with Crippen LogP contribution in [-0.2, 0) is 9.59 Å². The van der Waals surface area contributed by atoms with Crippen molar-refractivity contribution in [1.82, 2.24) is 4.98 Å². The molecular formula is C34H28N2O5S. The fourth-order valence-electron chi connectivity index (χ4n) is 4.95. The van der Waals surface area contributed by atoms with E-state index in [9.17, 15) is 14.7 Å². The van der Waals surface area contributed by atoms with Crippen molar-refractivity contribution in [3.8, 4) is 17.2 Å². The summed E-state index contributed by atoms with van der Waals surface area (Å²) in [6, 6.07) is 28.3. The van der Waals surface area contributed by atoms with E-state index in [2.05, 4.69) is 0 Å². The van der Waals surface area contributed by atoms with Crippen LogP contribution in [0.2, 0.25) is 0 Å². The van der Waals surface area contributed by atoms with Gasteiger partial charge in [-0.3, -0.25) is 14.5 Å². The minimum atomic E-state index is -0.939. The van der Waals surface area contributed by atoms with Gasteiger partial charge in [0.1, 0.15) is 23.0 Å². The molecule has 1 saturated heterocycles. The Hall–Kier alpha value is -4.95. The van der Waals surface area contributed by atoms with Crippen LogP contribution < -0.4 is 14.4 Å². The van der Waals surface area contributed by atoms with Crippen molar-refractivity contribution in [2.45, 2.75) is 26.3 Å². The van der Waals surface area contributed by atoms with E-state index in [0.717, 1.165) is 22.2 Å². The Bertz CT molecular complexity index is 1830. The minimum Gasteiger partial charge on any atom is -0.507 e. The van der Waals surface area contributed by atoms with Crippen LogP contribution in [0, 0.1) is 6.92 Å². The van der Waals surface area contributed by atoms with Crippen LogP contribution in [0.1, 0.15) is 36.1 Å². The quantitative estimate of drug-likeness (QED) is 0.115. The van der Waals surface area contributed by atoms with Crippen molar-refractivity contribution in [2.75, 3.05) is 11.5 Å². The molecule has 6 rings (SSSR count). The highest BCUT2D eigenvalue weighted by atomic mass is 32.1. The number of benzene rings is 4. The first kappa shape index (κ1) is 27.2. The second-order valence-corrected chi connectivity index (χ2v) is 11.0. The standard InChI is InChI=1S/C34H28N2O5S/c1-3-17-40-25-13-8-10-23(20-25)31(37)29-30(22-9-7-14-26(19-22)41-24-11-5-4-6-12-24)36(33(39)32(29)38)34-35-27-16-15-21(2)18-28(27)42-34/h4-16,18-20,30,37H,3,17H2,1-2H3. The molecule has 210 valence electrons. The van der Waals surface area contributed by atoms with Crippen molar-refractivity contribution in [3.05, 3.63) is 119 Å². The average Bonchev–Trinajstić information content (AvgIpc) is 3.53. The van der Waals surface area contributed by atoms with Crippen LogP contribution in [0.15, 0.2) is 103 Å². The van der Waals surface area contributed by atoms with E-state index >= 15 is 0 Å². The molecule has 0 aliphatic carbocycles. The molecule has 4 aromatic carbocycles. The number of aliphatic hydroxyl groups is 1. The third kappa shape index (κ3) is 5.24. The molecule has 0 saturated carbocycles. The number of Topliss-reactive ketones (excluding diaryl/α,β-unsaturated/α-hetero) is 1. The van der Waals surface area contributed by atoms with Gasteiger partial charge in [-0.1, -0.05) is 66.8 Å². The molecule has 5 aromatic rings. The van der Waals surface area contributed by atoms with E-state index in [1.54, 1.807) is 42.5 Å². The maximum absolute atomic E-state index is 13.7. The minimum absolute atomic E-state index is 0.0278. The summed E-state index contributed by atoms with van der Waals surface area (Å²) in [5.41, 5.74) is 2.73. The van der Waals surface area contributed by atoms with Crippen LogP contribution in [0.25, 0.3) is 16.0 Å². The van der Waals surface area contributed by atoms with Gasteiger partial charge in [0.2, 0.25) is 0 Å². The van der Waals surface area contributed by atoms with Crippen molar-refractivity contribution < 1.29 is 24.2 Å². The molecule has 0 radical (unpaired) electrons. The monoisotopic (exact) mass is 576 g/mol. The molecule has 1 aromatic heterocycles. The normalized spacial score (nSPS) is 16.2. The van der Waals surface area contributed by atoms with Gasteiger partial charge in [0.25, 0.3) is 5.78 Å². The van der Waals surface area contributed by atoms with Crippen LogP contribution in [0.5, 0.6) is 17.2 Å². The molecule has 0 bridgehead atoms. The van der Waals surface area contributed by atoms with E-state index in [-0.39, 0.29) is 11.3 Å². The van der Waals surface area contributed by atoms with Crippen molar-refractivity contribution in [3.63, 3.8) is 0 Å². The maximum Gasteiger partial charge on any atom is 0.301 e. The smallest absolute Gasteiger partial charge is 0.301 e. The molecule has 1 N–H and O–H groups in total. The lowest BCUT2D eigenvalue weighted by molar-refractivity contribution is -0.132. The zero-order valence-electron chi connectivity index (χ0n) is 23.1. The van der Waals surface area contributed by atoms with E-state index in [1.165, 1.54) is 16.2 Å². The number of rotatable bonds is 8. The average molecular weight is 577 g/mol. The van der Waals surface area contributed by atoms with Crippen LogP contribution in [0.4, 0.5) is 5.13 Å². The molecule has 7 nitrogen and oxygen atoms in total. The summed E-state index contributed by atoms with van der Waals surface area (Å²) in [5.74, 6) is -0.0961. The lowest BCUT2D eigenvalue weighted by Crippen LogP contribution is -2.29. The molecule has 2 heterocycles. The number of ether oxygens (including phenoxy) is 2. The first-order valence-electron chi connectivity index (χ1n) is 13.7. The Kier molecular flexibility index (Phi) is 7.46. The van der Waals surface area contributed by atoms with Crippen molar-refractivity contribution >= 4 is 44.1 Å². The number of fused-ring (bicyclic) bond motifs is 1. The Morgan fingerprint density at radius 3 is 2.48 bits per heavy atom. The number of ketones is 1. The summed E-state index contributed by atoms with van der Waals surface area (Å²) in [6.07, 6.45) is 0.824. The molecule has 8 heteroatoms. The zero-order chi connectivity index (χ0) is 29.2. The SMILES string of the molecule is CCCOc1cccc(C(O)=C2C(=O)C(=O)N(c3nc4ccc(C)cc4s3)C2c2cccc(Oc3ccccc3)c2)c1. The third-order valence-electron chi connectivity index (χ3n) is 6.92. The lowest BCUT2D eigenvalue weighted by Gasteiger charge is -2.23. The number of hydrogen-bond donors (Lipinski definition) is 1. The molecule has 1 aliphatic rings. The number of aromatic nitrogens is 1. The highest BCUT2D eigenvalue weighted by molar-refractivity contribution is 7.22. The number of amides is 1. The summed E-state index contributed by atoms with van der Waals surface area (Å²) in [4.78, 5) is 33.5. The maximum atomic E-state index is 13.7. The third-order valence-corrected chi connectivity index (χ3v) is 7.93. The van der Waals surface area contributed by atoms with E-state index < -0.39 is 17.7 Å². The number of carbonyl (C=O) groups excluding carboxylic acids is 2. The van der Waals surface area contributed by atoms with Gasteiger partial charge < -0.3 is 14.6 Å². The fraction of sp³-hybridized carbons (Fsp3) is 0.147. The molecule has 1 atom stereocenters. The molecule has 1 fully saturated rings. The number of para-hydroxylation sites is 1. The summed E-state index contributed by atoms with van der Waals surface area (Å²) < 4.78 is 12.7. The van der Waals surface area contributed by atoms with Gasteiger partial charge in [-0.2, -0.15) is 0 Å². The Morgan fingerprint density at radius 1 is 0.905 bits per heavy atom. The number of thiazole rings is 1. The van der Waals surface area contributed by atoms with Crippen molar-refractivity contribution in [1.29, 1.82) is 0 Å². The molecule has 1 aliphatic heterocycles. The van der Waals surface area contributed by atoms with Gasteiger partial charge in [0.05, 0.1) is 28.4 Å². The topological polar surface area (TPSA) is 89.0 Å². The van der Waals surface area contributed by atoms with Gasteiger partial charge in [-0.25, -0.2) is 4.98 Å². The van der Waals surface area contributed by atoms with Gasteiger partial charge in [-0.15, -0.1) is 0 Å². The first-order chi connectivity index (χ1) is 20.4. The highest BCUT2D eigenvalue weighted by Gasteiger charge is 2.48. The second kappa shape index (κ2) is 11.5. The summed E-state index contributed by atoms with van der Waals surface area (Å²) in [7, 11) is 0. The molecular weight excluding hydrogens is 548 g/mol. The van der Waals surface area contributed by atoms with Gasteiger partial charge in [-0.05, 0) is 73.0 Å². The first-order valence-corrected chi connectivity index (χ1v) is 14.5. The number of aliphatic hydroxyl groups excluding tert-OH is 1. The predicted molar refractivity (Wildman–Crippen MR) is 164 cm³/mol. The Labute approximate surface area is 247 Å². The van der Waals surface area contributed by atoms with E-state index in [1.807, 2.05) is 68.4 Å². The van der Waals surface area contributed by atoms with Crippen LogP contribution >= 0.6 is 11.3 Å². The van der Waals surface area contributed by atoms with E-state index in [4.69, 9.17) is 14.5 Å². The molecule has 1 amide bonds. The summed E-state index contributed by atoms with van der Waals surface area (Å²) in [5, 5.41) is 12.0. The lowest BCUT2D eigenvalue weighted by atomic mass is 9.95. The molecule has 42 heavy (non-hydrogen) atoms. The largest absolute Gasteiger partial charge is 0.507 e. The summed E-state index contributed by atoms with van der Waals surface area (Å²) in [6.45, 7) is 4.51. The molecule has 1 unspecified atom stereocenters. The highest BCUT2D eigenvalue weighted by Crippen LogP contribution is 2.45. The predicted octanol–water partition coefficient (Wildman–Crippen LogP) is 7.81. The Morgan fingerprint density at radius 2 is 1.67 bits per heavy atom. The second-order valence-electron chi connectivity index (χ2n) is 10.0. The van der Waals surface area contributed by atoms with Crippen molar-refractivity contribution in [2.24, 2.45) is 0 Å². The van der Waals surface area contributed by atoms with Gasteiger partial charge >= 0.3 is 5.91 Å². The van der Waals surface area contributed by atoms with E-state index in [0.29, 0.717) is 40.1 Å². The number of aryl methyl sites for hydroxylation is 1. The number of hydrogen-bond acceptors (Lipinski definition) is 7. The van der Waals surface area contributed by atoms with Crippen LogP contribution in [-0.4, -0.2) is 28.4 Å². The van der Waals surface area contributed by atoms with Gasteiger partial charge in [0.15, 0.2) is 5.13 Å². The number of nitrogens with zero attached hydrogens (tertiary/aromatic N) is 2. The zero-order valence-corrected chi connectivity index (χ0v) is 23.9. The summed E-state index contributed by atoms with van der Waals surface area (Å²) >= 11 is 1.33. The number of carbonyl (C=O) groups is 2. The molecule has 0 spiro atoms. The van der Waals surface area contributed by atoms with Gasteiger partial charge in [0, 0.05) is 5.56 Å². The number of anilines is 1.